The maximum Gasteiger partial charge on any atom is 0.329 e. The van der Waals surface area contributed by atoms with Crippen LogP contribution in [0.25, 0.3) is 0 Å². The van der Waals surface area contributed by atoms with Crippen LogP contribution in [0.4, 0.5) is 0 Å². The molecule has 1 aromatic carbocycles. The average molecular weight is 340 g/mol. The maximum atomic E-state index is 12.1. The summed E-state index contributed by atoms with van der Waals surface area (Å²) < 4.78 is 0.969. The van der Waals surface area contributed by atoms with Gasteiger partial charge in [-0.15, -0.1) is 0 Å². The van der Waals surface area contributed by atoms with Gasteiger partial charge in [-0.1, -0.05) is 34.8 Å². The number of amides is 1. The van der Waals surface area contributed by atoms with Crippen LogP contribution in [0.3, 0.4) is 0 Å². The van der Waals surface area contributed by atoms with Gasteiger partial charge in [0.2, 0.25) is 5.91 Å². The van der Waals surface area contributed by atoms with Gasteiger partial charge in [0.1, 0.15) is 5.54 Å². The van der Waals surface area contributed by atoms with Crippen LogP contribution < -0.4 is 5.32 Å². The summed E-state index contributed by atoms with van der Waals surface area (Å²) in [6.07, 6.45) is 2.96. The molecule has 5 heteroatoms. The van der Waals surface area contributed by atoms with Crippen LogP contribution in [-0.2, 0) is 16.0 Å². The fourth-order valence-electron chi connectivity index (χ4n) is 2.71. The number of hydrogen-bond acceptors (Lipinski definition) is 2. The number of aryl methyl sites for hydroxylation is 1. The molecule has 2 N–H and O–H groups in total. The van der Waals surface area contributed by atoms with E-state index >= 15 is 0 Å². The highest BCUT2D eigenvalue weighted by molar-refractivity contribution is 9.10. The first kappa shape index (κ1) is 15.0. The summed E-state index contributed by atoms with van der Waals surface area (Å²) in [7, 11) is 0. The van der Waals surface area contributed by atoms with Gasteiger partial charge >= 0.3 is 5.97 Å². The topological polar surface area (TPSA) is 66.4 Å². The second kappa shape index (κ2) is 5.95. The summed E-state index contributed by atoms with van der Waals surface area (Å²) in [6.45, 7) is 1.94. The molecule has 2 rings (SSSR count). The highest BCUT2D eigenvalue weighted by Gasteiger charge is 2.42. The molecule has 0 unspecified atom stereocenters. The molecule has 0 aliphatic heterocycles. The Labute approximate surface area is 126 Å². The predicted octanol–water partition coefficient (Wildman–Crippen LogP) is 2.81. The van der Waals surface area contributed by atoms with Crippen LogP contribution in [0.1, 0.15) is 36.8 Å². The van der Waals surface area contributed by atoms with Crippen LogP contribution >= 0.6 is 15.9 Å². The smallest absolute Gasteiger partial charge is 0.329 e. The largest absolute Gasteiger partial charge is 0.480 e. The van der Waals surface area contributed by atoms with E-state index in [9.17, 15) is 14.7 Å². The molecule has 20 heavy (non-hydrogen) atoms. The van der Waals surface area contributed by atoms with Gasteiger partial charge in [0.25, 0.3) is 0 Å². The third-order valence-corrected chi connectivity index (χ3v) is 4.39. The quantitative estimate of drug-likeness (QED) is 0.886. The second-order valence-corrected chi connectivity index (χ2v) is 6.31. The number of carbonyl (C=O) groups is 2. The molecule has 0 bridgehead atoms. The summed E-state index contributed by atoms with van der Waals surface area (Å²) in [5.74, 6) is -1.14. The molecular formula is C15H18BrNO3. The van der Waals surface area contributed by atoms with Gasteiger partial charge in [-0.3, -0.25) is 4.79 Å². The first-order valence-electron chi connectivity index (χ1n) is 6.72. The lowest BCUT2D eigenvalue weighted by atomic mass is 9.97. The van der Waals surface area contributed by atoms with E-state index in [0.717, 1.165) is 28.4 Å². The summed E-state index contributed by atoms with van der Waals surface area (Å²) in [5, 5.41) is 12.1. The van der Waals surface area contributed by atoms with E-state index in [4.69, 9.17) is 0 Å². The van der Waals surface area contributed by atoms with Crippen molar-refractivity contribution in [2.24, 2.45) is 0 Å². The lowest BCUT2D eigenvalue weighted by Crippen LogP contribution is -2.53. The van der Waals surface area contributed by atoms with Crippen molar-refractivity contribution in [1.82, 2.24) is 5.32 Å². The van der Waals surface area contributed by atoms with Crippen molar-refractivity contribution in [1.29, 1.82) is 0 Å². The molecule has 1 amide bonds. The number of aliphatic carboxylic acids is 1. The molecule has 0 spiro atoms. The Morgan fingerprint density at radius 1 is 1.35 bits per heavy atom. The molecule has 0 aromatic heterocycles. The van der Waals surface area contributed by atoms with Gasteiger partial charge in [0.05, 0.1) is 6.42 Å². The molecule has 1 fully saturated rings. The minimum Gasteiger partial charge on any atom is -0.480 e. The molecular weight excluding hydrogens is 322 g/mol. The molecule has 108 valence electrons. The van der Waals surface area contributed by atoms with Crippen LogP contribution in [0, 0.1) is 6.92 Å². The van der Waals surface area contributed by atoms with Crippen LogP contribution in [0.15, 0.2) is 22.7 Å². The van der Waals surface area contributed by atoms with Gasteiger partial charge in [0.15, 0.2) is 0 Å². The summed E-state index contributed by atoms with van der Waals surface area (Å²) >= 11 is 3.38. The normalized spacial score (nSPS) is 16.9. The monoisotopic (exact) mass is 339 g/mol. The van der Waals surface area contributed by atoms with Gasteiger partial charge in [-0.2, -0.15) is 0 Å². The number of carboxylic acids is 1. The number of carboxylic acid groups (broad SMARTS) is 1. The number of carbonyl (C=O) groups excluding carboxylic acids is 1. The van der Waals surface area contributed by atoms with Gasteiger partial charge in [0, 0.05) is 4.47 Å². The van der Waals surface area contributed by atoms with Crippen molar-refractivity contribution in [2.75, 3.05) is 0 Å². The van der Waals surface area contributed by atoms with Crippen LogP contribution in [0.2, 0.25) is 0 Å². The van der Waals surface area contributed by atoms with Gasteiger partial charge in [-0.05, 0) is 43.0 Å². The zero-order valence-corrected chi connectivity index (χ0v) is 13.0. The van der Waals surface area contributed by atoms with Crippen molar-refractivity contribution in [2.45, 2.75) is 44.6 Å². The van der Waals surface area contributed by atoms with E-state index in [0.29, 0.717) is 12.8 Å². The Hall–Kier alpha value is -1.36. The molecule has 0 heterocycles. The van der Waals surface area contributed by atoms with Crippen LogP contribution in [-0.4, -0.2) is 22.5 Å². The Morgan fingerprint density at radius 3 is 2.55 bits per heavy atom. The molecule has 0 radical (unpaired) electrons. The lowest BCUT2D eigenvalue weighted by molar-refractivity contribution is -0.147. The predicted molar refractivity (Wildman–Crippen MR) is 79.6 cm³/mol. The average Bonchev–Trinajstić information content (AvgIpc) is 2.82. The van der Waals surface area contributed by atoms with E-state index in [-0.39, 0.29) is 12.3 Å². The highest BCUT2D eigenvalue weighted by Crippen LogP contribution is 2.30. The number of nitrogens with one attached hydrogen (secondary N) is 1. The number of hydrogen-bond donors (Lipinski definition) is 2. The Kier molecular flexibility index (Phi) is 4.48. The minimum atomic E-state index is -1.06. The summed E-state index contributed by atoms with van der Waals surface area (Å²) in [4.78, 5) is 23.5. The van der Waals surface area contributed by atoms with E-state index in [1.165, 1.54) is 0 Å². The molecule has 0 saturated heterocycles. The first-order valence-corrected chi connectivity index (χ1v) is 7.52. The number of rotatable bonds is 4. The molecule has 1 aliphatic rings. The summed E-state index contributed by atoms with van der Waals surface area (Å²) in [6, 6.07) is 5.73. The number of benzene rings is 1. The zero-order valence-electron chi connectivity index (χ0n) is 11.4. The van der Waals surface area contributed by atoms with Gasteiger partial charge in [-0.25, -0.2) is 4.79 Å². The fraction of sp³-hybridized carbons (Fsp3) is 0.467. The Balaban J connectivity index is 2.07. The van der Waals surface area contributed by atoms with Crippen molar-refractivity contribution in [3.63, 3.8) is 0 Å². The second-order valence-electron chi connectivity index (χ2n) is 5.39. The molecule has 1 saturated carbocycles. The van der Waals surface area contributed by atoms with Crippen LogP contribution in [0.5, 0.6) is 0 Å². The zero-order chi connectivity index (χ0) is 14.8. The maximum absolute atomic E-state index is 12.1. The van der Waals surface area contributed by atoms with Crippen molar-refractivity contribution in [3.05, 3.63) is 33.8 Å². The number of halogens is 1. The van der Waals surface area contributed by atoms with Crippen molar-refractivity contribution >= 4 is 27.8 Å². The fourth-order valence-corrected chi connectivity index (χ4v) is 3.19. The Morgan fingerprint density at radius 2 is 2.00 bits per heavy atom. The third kappa shape index (κ3) is 3.20. The highest BCUT2D eigenvalue weighted by atomic mass is 79.9. The van der Waals surface area contributed by atoms with E-state index in [2.05, 4.69) is 21.2 Å². The Bertz CT molecular complexity index is 536. The molecule has 1 aliphatic carbocycles. The van der Waals surface area contributed by atoms with Gasteiger partial charge < -0.3 is 10.4 Å². The minimum absolute atomic E-state index is 0.216. The summed E-state index contributed by atoms with van der Waals surface area (Å²) in [5.41, 5.74) is 0.884. The molecule has 0 atom stereocenters. The lowest BCUT2D eigenvalue weighted by Gasteiger charge is -2.25. The SMILES string of the molecule is Cc1cc(Br)ccc1CC(=O)NC1(C(=O)O)CCCC1. The molecule has 1 aromatic rings. The first-order chi connectivity index (χ1) is 9.43. The third-order valence-electron chi connectivity index (χ3n) is 3.90. The van der Waals surface area contributed by atoms with Crippen molar-refractivity contribution < 1.29 is 14.7 Å². The molecule has 4 nitrogen and oxygen atoms in total. The van der Waals surface area contributed by atoms with Crippen molar-refractivity contribution in [3.8, 4) is 0 Å². The van der Waals surface area contributed by atoms with E-state index in [1.807, 2.05) is 25.1 Å². The standard InChI is InChI=1S/C15H18BrNO3/c1-10-8-12(16)5-4-11(10)9-13(18)17-15(14(19)20)6-2-3-7-15/h4-5,8H,2-3,6-7,9H2,1H3,(H,17,18)(H,19,20). The van der Waals surface area contributed by atoms with E-state index in [1.54, 1.807) is 0 Å². The van der Waals surface area contributed by atoms with E-state index < -0.39 is 11.5 Å².